The van der Waals surface area contributed by atoms with Crippen LogP contribution in [0.2, 0.25) is 0 Å². The summed E-state index contributed by atoms with van der Waals surface area (Å²) < 4.78 is 4.46. The maximum atomic E-state index is 10.7. The van der Waals surface area contributed by atoms with Gasteiger partial charge in [-0.15, -0.1) is 0 Å². The molecule has 0 saturated carbocycles. The van der Waals surface area contributed by atoms with Crippen molar-refractivity contribution in [2.24, 2.45) is 5.73 Å². The van der Waals surface area contributed by atoms with E-state index in [0.29, 0.717) is 6.54 Å². The van der Waals surface area contributed by atoms with Crippen LogP contribution in [0, 0.1) is 0 Å². The molecule has 0 bridgehead atoms. The molecule has 0 aromatic carbocycles. The third-order valence-corrected chi connectivity index (χ3v) is 1.97. The lowest BCUT2D eigenvalue weighted by Gasteiger charge is -2.20. The van der Waals surface area contributed by atoms with Crippen molar-refractivity contribution in [2.45, 2.75) is 19.4 Å². The zero-order chi connectivity index (χ0) is 10.4. The van der Waals surface area contributed by atoms with Crippen LogP contribution in [0.5, 0.6) is 0 Å². The fourth-order valence-electron chi connectivity index (χ4n) is 0.781. The van der Waals surface area contributed by atoms with Crippen molar-refractivity contribution in [1.82, 2.24) is 4.90 Å². The van der Waals surface area contributed by atoms with Gasteiger partial charge < -0.3 is 10.5 Å². The SMILES string of the molecule is COC(=O)CCN(C)C(C)C(N)=O. The van der Waals surface area contributed by atoms with Gasteiger partial charge in [0.15, 0.2) is 0 Å². The minimum Gasteiger partial charge on any atom is -0.469 e. The van der Waals surface area contributed by atoms with Crippen LogP contribution in [0.1, 0.15) is 13.3 Å². The average molecular weight is 188 g/mol. The predicted octanol–water partition coefficient (Wildman–Crippen LogP) is -0.645. The summed E-state index contributed by atoms with van der Waals surface area (Å²) >= 11 is 0. The minimum atomic E-state index is -0.396. The highest BCUT2D eigenvalue weighted by atomic mass is 16.5. The number of esters is 1. The molecule has 5 heteroatoms. The van der Waals surface area contributed by atoms with Crippen molar-refractivity contribution in [3.8, 4) is 0 Å². The minimum absolute atomic E-state index is 0.268. The Hall–Kier alpha value is -1.10. The maximum Gasteiger partial charge on any atom is 0.306 e. The van der Waals surface area contributed by atoms with E-state index in [-0.39, 0.29) is 18.4 Å². The summed E-state index contributed by atoms with van der Waals surface area (Å²) in [7, 11) is 3.07. The van der Waals surface area contributed by atoms with Crippen LogP contribution in [0.25, 0.3) is 0 Å². The van der Waals surface area contributed by atoms with Crippen LogP contribution in [0.15, 0.2) is 0 Å². The molecule has 0 radical (unpaired) electrons. The summed E-state index contributed by atoms with van der Waals surface area (Å²) in [6, 6.07) is -0.357. The Morgan fingerprint density at radius 2 is 2.08 bits per heavy atom. The number of methoxy groups -OCH3 is 1. The number of carbonyl (C=O) groups excluding carboxylic acids is 2. The third-order valence-electron chi connectivity index (χ3n) is 1.97. The molecule has 1 atom stereocenters. The molecule has 13 heavy (non-hydrogen) atoms. The van der Waals surface area contributed by atoms with E-state index in [9.17, 15) is 9.59 Å². The van der Waals surface area contributed by atoms with Crippen LogP contribution in [0.3, 0.4) is 0 Å². The topological polar surface area (TPSA) is 72.6 Å². The van der Waals surface area contributed by atoms with E-state index in [4.69, 9.17) is 5.73 Å². The van der Waals surface area contributed by atoms with Crippen molar-refractivity contribution in [3.05, 3.63) is 0 Å². The van der Waals surface area contributed by atoms with Gasteiger partial charge in [0.1, 0.15) is 0 Å². The average Bonchev–Trinajstić information content (AvgIpc) is 2.11. The van der Waals surface area contributed by atoms with Gasteiger partial charge in [-0.1, -0.05) is 0 Å². The van der Waals surface area contributed by atoms with Crippen molar-refractivity contribution >= 4 is 11.9 Å². The number of ether oxygens (including phenoxy) is 1. The zero-order valence-corrected chi connectivity index (χ0v) is 8.24. The zero-order valence-electron chi connectivity index (χ0n) is 8.24. The highest BCUT2D eigenvalue weighted by molar-refractivity contribution is 5.79. The molecule has 1 amide bonds. The predicted molar refractivity (Wildman–Crippen MR) is 47.9 cm³/mol. The number of nitrogens with two attached hydrogens (primary N) is 1. The summed E-state index contributed by atoms with van der Waals surface area (Å²) in [5, 5.41) is 0. The first-order chi connectivity index (χ1) is 5.99. The molecular formula is C8H16N2O3. The number of rotatable bonds is 5. The van der Waals surface area contributed by atoms with Gasteiger partial charge in [-0.3, -0.25) is 14.5 Å². The summed E-state index contributed by atoms with van der Waals surface area (Å²) in [6.45, 7) is 2.16. The number of primary amides is 1. The van der Waals surface area contributed by atoms with E-state index >= 15 is 0 Å². The van der Waals surface area contributed by atoms with Crippen LogP contribution in [-0.2, 0) is 14.3 Å². The number of hydrogen-bond donors (Lipinski definition) is 1. The molecule has 76 valence electrons. The Bertz CT molecular complexity index is 194. The number of likely N-dealkylation sites (N-methyl/N-ethyl adjacent to an activating group) is 1. The van der Waals surface area contributed by atoms with Crippen LogP contribution < -0.4 is 5.73 Å². The number of carbonyl (C=O) groups is 2. The van der Waals surface area contributed by atoms with Crippen LogP contribution in [0.4, 0.5) is 0 Å². The number of hydrogen-bond acceptors (Lipinski definition) is 4. The van der Waals surface area contributed by atoms with Gasteiger partial charge in [0.2, 0.25) is 5.91 Å². The molecule has 0 aliphatic rings. The lowest BCUT2D eigenvalue weighted by Crippen LogP contribution is -2.41. The molecule has 0 aromatic heterocycles. The summed E-state index contributed by atoms with van der Waals surface area (Å²) in [5.41, 5.74) is 5.08. The molecule has 0 aromatic rings. The molecule has 0 spiro atoms. The van der Waals surface area contributed by atoms with E-state index < -0.39 is 5.91 Å². The lowest BCUT2D eigenvalue weighted by atomic mass is 10.2. The molecular weight excluding hydrogens is 172 g/mol. The normalized spacial score (nSPS) is 12.6. The second-order valence-electron chi connectivity index (χ2n) is 2.89. The molecule has 0 fully saturated rings. The number of nitrogens with zero attached hydrogens (tertiary/aromatic N) is 1. The van der Waals surface area contributed by atoms with Gasteiger partial charge in [-0.25, -0.2) is 0 Å². The molecule has 0 rings (SSSR count). The Morgan fingerprint density at radius 1 is 1.54 bits per heavy atom. The van der Waals surface area contributed by atoms with Gasteiger partial charge >= 0.3 is 5.97 Å². The first kappa shape index (κ1) is 11.9. The van der Waals surface area contributed by atoms with Crippen molar-refractivity contribution < 1.29 is 14.3 Å². The van der Waals surface area contributed by atoms with Crippen LogP contribution >= 0.6 is 0 Å². The van der Waals surface area contributed by atoms with E-state index in [2.05, 4.69) is 4.74 Å². The van der Waals surface area contributed by atoms with E-state index in [0.717, 1.165) is 0 Å². The second-order valence-corrected chi connectivity index (χ2v) is 2.89. The molecule has 0 heterocycles. The van der Waals surface area contributed by atoms with Crippen molar-refractivity contribution in [2.75, 3.05) is 20.7 Å². The van der Waals surface area contributed by atoms with Gasteiger partial charge in [-0.2, -0.15) is 0 Å². The lowest BCUT2D eigenvalue weighted by molar-refractivity contribution is -0.141. The molecule has 0 aliphatic carbocycles. The maximum absolute atomic E-state index is 10.7. The smallest absolute Gasteiger partial charge is 0.306 e. The molecule has 0 aliphatic heterocycles. The van der Waals surface area contributed by atoms with Gasteiger partial charge in [0, 0.05) is 6.54 Å². The summed E-state index contributed by atoms with van der Waals surface area (Å²) in [5.74, 6) is -0.684. The molecule has 2 N–H and O–H groups in total. The highest BCUT2D eigenvalue weighted by Gasteiger charge is 2.15. The monoisotopic (exact) mass is 188 g/mol. The highest BCUT2D eigenvalue weighted by Crippen LogP contribution is 1.96. The third kappa shape index (κ3) is 4.47. The standard InChI is InChI=1S/C8H16N2O3/c1-6(8(9)12)10(2)5-4-7(11)13-3/h6H,4-5H2,1-3H3,(H2,9,12). The fraction of sp³-hybridized carbons (Fsp3) is 0.750. The summed E-state index contributed by atoms with van der Waals surface area (Å²) in [6.07, 6.45) is 0.268. The molecule has 1 unspecified atom stereocenters. The Kier molecular flexibility index (Phi) is 5.06. The largest absolute Gasteiger partial charge is 0.469 e. The van der Waals surface area contributed by atoms with Gasteiger partial charge in [-0.05, 0) is 14.0 Å². The first-order valence-electron chi connectivity index (χ1n) is 4.05. The Morgan fingerprint density at radius 3 is 2.46 bits per heavy atom. The molecule has 5 nitrogen and oxygen atoms in total. The van der Waals surface area contributed by atoms with E-state index in [1.807, 2.05) is 0 Å². The van der Waals surface area contributed by atoms with Gasteiger partial charge in [0.25, 0.3) is 0 Å². The fourth-order valence-corrected chi connectivity index (χ4v) is 0.781. The van der Waals surface area contributed by atoms with E-state index in [1.54, 1.807) is 18.9 Å². The van der Waals surface area contributed by atoms with Crippen molar-refractivity contribution in [3.63, 3.8) is 0 Å². The first-order valence-corrected chi connectivity index (χ1v) is 4.05. The van der Waals surface area contributed by atoms with Crippen molar-refractivity contribution in [1.29, 1.82) is 0 Å². The van der Waals surface area contributed by atoms with Crippen LogP contribution in [-0.4, -0.2) is 43.5 Å². The van der Waals surface area contributed by atoms with Gasteiger partial charge in [0.05, 0.1) is 19.6 Å². The summed E-state index contributed by atoms with van der Waals surface area (Å²) in [4.78, 5) is 23.2. The Labute approximate surface area is 77.8 Å². The molecule has 0 saturated heterocycles. The van der Waals surface area contributed by atoms with E-state index in [1.165, 1.54) is 7.11 Å². The Balaban J connectivity index is 3.80. The quantitative estimate of drug-likeness (QED) is 0.582. The number of amides is 1. The second kappa shape index (κ2) is 5.53.